The highest BCUT2D eigenvalue weighted by Gasteiger charge is 2.03. The summed E-state index contributed by atoms with van der Waals surface area (Å²) >= 11 is 5.54. The van der Waals surface area contributed by atoms with Gasteiger partial charge in [-0.3, -0.25) is 4.79 Å². The minimum absolute atomic E-state index is 0.211. The summed E-state index contributed by atoms with van der Waals surface area (Å²) in [6.45, 7) is 4.22. The van der Waals surface area contributed by atoms with Crippen LogP contribution in [0.1, 0.15) is 19.4 Å². The average Bonchev–Trinajstić information content (AvgIpc) is 2.50. The minimum atomic E-state index is -0.211. The normalized spacial score (nSPS) is 9.45. The Morgan fingerprint density at radius 3 is 2.55 bits per heavy atom. The number of carbonyl (C=O) groups is 1. The van der Waals surface area contributed by atoms with Gasteiger partial charge < -0.3 is 9.47 Å². The first-order valence-electron chi connectivity index (χ1n) is 6.64. The van der Waals surface area contributed by atoms with Crippen LogP contribution in [-0.4, -0.2) is 17.6 Å². The predicted octanol–water partition coefficient (Wildman–Crippen LogP) is 4.60. The van der Waals surface area contributed by atoms with Gasteiger partial charge in [0.2, 0.25) is 0 Å². The van der Waals surface area contributed by atoms with Crippen LogP contribution in [0.2, 0.25) is 0 Å². The van der Waals surface area contributed by atoms with E-state index in [2.05, 4.69) is 48.2 Å². The van der Waals surface area contributed by atoms with E-state index in [1.54, 1.807) is 13.1 Å². The lowest BCUT2D eigenvalue weighted by molar-refractivity contribution is -0.140. The molecule has 22 heavy (non-hydrogen) atoms. The molecule has 1 aromatic heterocycles. The van der Waals surface area contributed by atoms with Crippen molar-refractivity contribution in [1.29, 1.82) is 0 Å². The second-order valence-corrected chi connectivity index (χ2v) is 6.08. The Balaban J connectivity index is 0.000000346. The van der Waals surface area contributed by atoms with Crippen molar-refractivity contribution in [2.45, 2.75) is 20.5 Å². The van der Waals surface area contributed by atoms with Crippen molar-refractivity contribution >= 4 is 44.5 Å². The maximum absolute atomic E-state index is 9.82. The van der Waals surface area contributed by atoms with Crippen LogP contribution in [0, 0.1) is 3.70 Å². The predicted molar refractivity (Wildman–Crippen MR) is 97.7 cm³/mol. The fourth-order valence-corrected chi connectivity index (χ4v) is 2.20. The molecule has 0 aliphatic rings. The first-order valence-corrected chi connectivity index (χ1v) is 8.51. The lowest BCUT2D eigenvalue weighted by Crippen LogP contribution is -1.97. The van der Waals surface area contributed by atoms with Gasteiger partial charge in [-0.1, -0.05) is 30.3 Å². The quantitative estimate of drug-likeness (QED) is 0.367. The summed E-state index contributed by atoms with van der Waals surface area (Å²) in [5.74, 6) is 0.594. The highest BCUT2D eigenvalue weighted by atomic mass is 127. The van der Waals surface area contributed by atoms with Gasteiger partial charge in [0.25, 0.3) is 0 Å². The first-order chi connectivity index (χ1) is 10.5. The SMILES string of the molecule is Brc1cnc(I)c(OCc2ccccc2)c1.CCOC(C)=O. The summed E-state index contributed by atoms with van der Waals surface area (Å²) in [5, 5.41) is 0. The fourth-order valence-electron chi connectivity index (χ4n) is 1.44. The van der Waals surface area contributed by atoms with Gasteiger partial charge in [-0.15, -0.1) is 0 Å². The molecule has 0 fully saturated rings. The summed E-state index contributed by atoms with van der Waals surface area (Å²) in [6, 6.07) is 12.0. The molecule has 0 saturated heterocycles. The molecule has 2 rings (SSSR count). The van der Waals surface area contributed by atoms with Crippen LogP contribution in [0.4, 0.5) is 0 Å². The van der Waals surface area contributed by atoms with Crippen LogP contribution < -0.4 is 4.74 Å². The monoisotopic (exact) mass is 477 g/mol. The van der Waals surface area contributed by atoms with Gasteiger partial charge in [0.15, 0.2) is 5.75 Å². The van der Waals surface area contributed by atoms with Crippen LogP contribution in [0.25, 0.3) is 0 Å². The van der Waals surface area contributed by atoms with Gasteiger partial charge in [0, 0.05) is 17.6 Å². The van der Waals surface area contributed by atoms with Crippen molar-refractivity contribution in [3.8, 4) is 5.75 Å². The molecule has 2 aromatic rings. The Morgan fingerprint density at radius 1 is 1.32 bits per heavy atom. The number of benzene rings is 1. The zero-order chi connectivity index (χ0) is 16.4. The molecule has 1 heterocycles. The van der Waals surface area contributed by atoms with E-state index in [0.717, 1.165) is 19.5 Å². The lowest BCUT2D eigenvalue weighted by Gasteiger charge is -2.07. The molecule has 0 bridgehead atoms. The number of aromatic nitrogens is 1. The molecule has 0 N–H and O–H groups in total. The van der Waals surface area contributed by atoms with Gasteiger partial charge in [-0.25, -0.2) is 4.98 Å². The van der Waals surface area contributed by atoms with Crippen molar-refractivity contribution in [3.05, 3.63) is 56.3 Å². The van der Waals surface area contributed by atoms with Gasteiger partial charge in [0.1, 0.15) is 10.3 Å². The fraction of sp³-hybridized carbons (Fsp3) is 0.250. The van der Waals surface area contributed by atoms with Crippen LogP contribution >= 0.6 is 38.5 Å². The topological polar surface area (TPSA) is 48.4 Å². The number of rotatable bonds is 4. The molecule has 0 spiro atoms. The Morgan fingerprint density at radius 2 is 2.00 bits per heavy atom. The standard InChI is InChI=1S/C12H9BrINO.C4H8O2/c13-10-6-11(12(14)15-7-10)16-8-9-4-2-1-3-5-9;1-3-6-4(2)5/h1-7H,8H2;3H2,1-2H3. The van der Waals surface area contributed by atoms with Crippen LogP contribution in [0.5, 0.6) is 5.75 Å². The molecular weight excluding hydrogens is 461 g/mol. The summed E-state index contributed by atoms with van der Waals surface area (Å²) in [4.78, 5) is 14.0. The zero-order valence-corrected chi connectivity index (χ0v) is 16.1. The Hall–Kier alpha value is -1.15. The third kappa shape index (κ3) is 7.74. The van der Waals surface area contributed by atoms with E-state index >= 15 is 0 Å². The molecule has 118 valence electrons. The number of pyridine rings is 1. The number of esters is 1. The first kappa shape index (κ1) is 18.9. The number of halogens is 2. The smallest absolute Gasteiger partial charge is 0.302 e. The Labute approximate surface area is 152 Å². The number of hydrogen-bond donors (Lipinski definition) is 0. The summed E-state index contributed by atoms with van der Waals surface area (Å²) in [7, 11) is 0. The van der Waals surface area contributed by atoms with Crippen molar-refractivity contribution in [3.63, 3.8) is 0 Å². The summed E-state index contributed by atoms with van der Waals surface area (Å²) in [5.41, 5.74) is 1.15. The zero-order valence-electron chi connectivity index (χ0n) is 12.4. The number of hydrogen-bond acceptors (Lipinski definition) is 4. The second kappa shape index (κ2) is 10.6. The van der Waals surface area contributed by atoms with E-state index < -0.39 is 0 Å². The molecule has 0 aliphatic heterocycles. The number of nitrogens with zero attached hydrogens (tertiary/aromatic N) is 1. The Bertz CT molecular complexity index is 593. The molecule has 0 aliphatic carbocycles. The summed E-state index contributed by atoms with van der Waals surface area (Å²) in [6.07, 6.45) is 1.76. The molecule has 0 unspecified atom stereocenters. The van der Waals surface area contributed by atoms with Gasteiger partial charge in [-0.2, -0.15) is 0 Å². The van der Waals surface area contributed by atoms with E-state index in [4.69, 9.17) is 4.74 Å². The molecule has 4 nitrogen and oxygen atoms in total. The van der Waals surface area contributed by atoms with Crippen molar-refractivity contribution in [2.24, 2.45) is 0 Å². The molecule has 0 atom stereocenters. The van der Waals surface area contributed by atoms with Gasteiger partial charge >= 0.3 is 5.97 Å². The largest absolute Gasteiger partial charge is 0.486 e. The molecule has 0 saturated carbocycles. The van der Waals surface area contributed by atoms with Crippen LogP contribution in [0.15, 0.2) is 47.1 Å². The van der Waals surface area contributed by atoms with E-state index in [9.17, 15) is 4.79 Å². The lowest BCUT2D eigenvalue weighted by atomic mass is 10.2. The van der Waals surface area contributed by atoms with Gasteiger partial charge in [-0.05, 0) is 57.1 Å². The maximum Gasteiger partial charge on any atom is 0.302 e. The van der Waals surface area contributed by atoms with Crippen LogP contribution in [0.3, 0.4) is 0 Å². The van der Waals surface area contributed by atoms with Crippen molar-refractivity contribution in [1.82, 2.24) is 4.98 Å². The van der Waals surface area contributed by atoms with E-state index in [1.165, 1.54) is 6.92 Å². The molecule has 0 radical (unpaired) electrons. The second-order valence-electron chi connectivity index (χ2n) is 4.14. The van der Waals surface area contributed by atoms with E-state index in [-0.39, 0.29) is 5.97 Å². The molecular formula is C16H17BrINO3. The highest BCUT2D eigenvalue weighted by Crippen LogP contribution is 2.23. The molecule has 1 aromatic carbocycles. The summed E-state index contributed by atoms with van der Waals surface area (Å²) < 4.78 is 11.9. The average molecular weight is 478 g/mol. The molecule has 0 amide bonds. The van der Waals surface area contributed by atoms with Crippen molar-refractivity contribution in [2.75, 3.05) is 6.61 Å². The third-order valence-corrected chi connectivity index (χ3v) is 3.60. The number of ether oxygens (including phenoxy) is 2. The maximum atomic E-state index is 9.82. The van der Waals surface area contributed by atoms with E-state index in [0.29, 0.717) is 13.2 Å². The number of carbonyl (C=O) groups excluding carboxylic acids is 1. The van der Waals surface area contributed by atoms with Gasteiger partial charge in [0.05, 0.1) is 6.61 Å². The van der Waals surface area contributed by atoms with Crippen LogP contribution in [-0.2, 0) is 16.1 Å². The minimum Gasteiger partial charge on any atom is -0.486 e. The van der Waals surface area contributed by atoms with E-state index in [1.807, 2.05) is 36.4 Å². The molecule has 6 heteroatoms. The van der Waals surface area contributed by atoms with Crippen molar-refractivity contribution < 1.29 is 14.3 Å². The third-order valence-electron chi connectivity index (χ3n) is 2.36. The highest BCUT2D eigenvalue weighted by molar-refractivity contribution is 14.1. The Kier molecular flexibility index (Phi) is 9.07.